The van der Waals surface area contributed by atoms with E-state index in [1.54, 1.807) is 19.1 Å². The van der Waals surface area contributed by atoms with E-state index in [-0.39, 0.29) is 22.8 Å². The van der Waals surface area contributed by atoms with Gasteiger partial charge >= 0.3 is 0 Å². The molecule has 0 fully saturated rings. The van der Waals surface area contributed by atoms with Crippen molar-refractivity contribution in [3.05, 3.63) is 35.9 Å². The molecule has 0 atom stereocenters. The van der Waals surface area contributed by atoms with Crippen molar-refractivity contribution in [1.82, 2.24) is 4.72 Å². The lowest BCUT2D eigenvalue weighted by molar-refractivity contribution is 0.102. The molecule has 0 saturated heterocycles. The van der Waals surface area contributed by atoms with Gasteiger partial charge in [-0.1, -0.05) is 6.92 Å². The Hall–Kier alpha value is -2.98. The lowest BCUT2D eigenvalue weighted by Crippen LogP contribution is -2.24. The molecular formula is C19H24N2O7S. The number of hydrogen-bond acceptors (Lipinski definition) is 7. The molecule has 2 rings (SSSR count). The Labute approximate surface area is 170 Å². The summed E-state index contributed by atoms with van der Waals surface area (Å²) in [6, 6.07) is 7.17. The van der Waals surface area contributed by atoms with Gasteiger partial charge in [0.05, 0.1) is 38.9 Å². The summed E-state index contributed by atoms with van der Waals surface area (Å²) in [4.78, 5) is 12.8. The van der Waals surface area contributed by atoms with Crippen LogP contribution in [0.5, 0.6) is 23.0 Å². The molecule has 2 aromatic rings. The Balaban J connectivity index is 2.45. The van der Waals surface area contributed by atoms with E-state index in [2.05, 4.69) is 10.0 Å². The summed E-state index contributed by atoms with van der Waals surface area (Å²) in [5, 5.41) is 2.69. The molecule has 29 heavy (non-hydrogen) atoms. The van der Waals surface area contributed by atoms with Gasteiger partial charge in [0, 0.05) is 24.4 Å². The zero-order valence-electron chi connectivity index (χ0n) is 16.9. The van der Waals surface area contributed by atoms with Gasteiger partial charge < -0.3 is 24.3 Å². The summed E-state index contributed by atoms with van der Waals surface area (Å²) >= 11 is 0. The van der Waals surface area contributed by atoms with Crippen LogP contribution in [0.25, 0.3) is 0 Å². The fourth-order valence-corrected chi connectivity index (χ4v) is 3.72. The van der Waals surface area contributed by atoms with E-state index in [0.717, 1.165) is 0 Å². The smallest absolute Gasteiger partial charge is 0.259 e. The van der Waals surface area contributed by atoms with Crippen LogP contribution in [0.15, 0.2) is 35.2 Å². The first kappa shape index (κ1) is 22.3. The molecule has 2 N–H and O–H groups in total. The second-order valence-electron chi connectivity index (χ2n) is 5.73. The number of carbonyl (C=O) groups excluding carboxylic acids is 1. The number of hydrogen-bond donors (Lipinski definition) is 2. The Morgan fingerprint density at radius 2 is 1.48 bits per heavy atom. The van der Waals surface area contributed by atoms with Crippen LogP contribution < -0.4 is 29.0 Å². The lowest BCUT2D eigenvalue weighted by Gasteiger charge is -2.15. The van der Waals surface area contributed by atoms with Gasteiger partial charge in [-0.05, 0) is 18.2 Å². The van der Waals surface area contributed by atoms with Crippen LogP contribution >= 0.6 is 0 Å². The molecule has 0 spiro atoms. The predicted molar refractivity (Wildman–Crippen MR) is 108 cm³/mol. The molecule has 0 unspecified atom stereocenters. The minimum atomic E-state index is -3.74. The summed E-state index contributed by atoms with van der Waals surface area (Å²) in [5.41, 5.74) is 0.423. The largest absolute Gasteiger partial charge is 0.496 e. The monoisotopic (exact) mass is 424 g/mol. The molecule has 9 nitrogen and oxygen atoms in total. The van der Waals surface area contributed by atoms with Crippen LogP contribution in [0.1, 0.15) is 17.3 Å². The average Bonchev–Trinajstić information content (AvgIpc) is 2.72. The molecular weight excluding hydrogens is 400 g/mol. The third kappa shape index (κ3) is 4.90. The Morgan fingerprint density at radius 1 is 0.897 bits per heavy atom. The van der Waals surface area contributed by atoms with E-state index >= 15 is 0 Å². The fraction of sp³-hybridized carbons (Fsp3) is 0.316. The summed E-state index contributed by atoms with van der Waals surface area (Å²) in [6.07, 6.45) is 0. The highest BCUT2D eigenvalue weighted by Crippen LogP contribution is 2.40. The number of benzene rings is 2. The van der Waals surface area contributed by atoms with E-state index in [1.807, 2.05) is 0 Å². The topological polar surface area (TPSA) is 112 Å². The molecule has 0 heterocycles. The Kier molecular flexibility index (Phi) is 7.29. The maximum atomic E-state index is 12.9. The van der Waals surface area contributed by atoms with Crippen molar-refractivity contribution in [2.75, 3.05) is 40.3 Å². The highest BCUT2D eigenvalue weighted by atomic mass is 32.2. The average molecular weight is 424 g/mol. The summed E-state index contributed by atoms with van der Waals surface area (Å²) in [6.45, 7) is 1.89. The van der Waals surface area contributed by atoms with Gasteiger partial charge in [-0.15, -0.1) is 0 Å². The quantitative estimate of drug-likeness (QED) is 0.635. The predicted octanol–water partition coefficient (Wildman–Crippen LogP) is 2.27. The van der Waals surface area contributed by atoms with E-state index in [0.29, 0.717) is 22.9 Å². The van der Waals surface area contributed by atoms with E-state index in [4.69, 9.17) is 18.9 Å². The number of carbonyl (C=O) groups is 1. The van der Waals surface area contributed by atoms with Gasteiger partial charge in [0.15, 0.2) is 11.5 Å². The van der Waals surface area contributed by atoms with Crippen LogP contribution in [0.4, 0.5) is 5.69 Å². The van der Waals surface area contributed by atoms with Crippen molar-refractivity contribution >= 4 is 21.6 Å². The van der Waals surface area contributed by atoms with E-state index < -0.39 is 15.9 Å². The highest BCUT2D eigenvalue weighted by Gasteiger charge is 2.21. The Morgan fingerprint density at radius 3 is 1.97 bits per heavy atom. The maximum Gasteiger partial charge on any atom is 0.259 e. The van der Waals surface area contributed by atoms with Crippen LogP contribution in [-0.4, -0.2) is 49.3 Å². The second-order valence-corrected chi connectivity index (χ2v) is 7.50. The summed E-state index contributed by atoms with van der Waals surface area (Å²) < 4.78 is 48.0. The standard InChI is InChI=1S/C19H24N2O7S/c1-6-20-29(23,24)13-7-8-15(25-2)14(11-13)19(22)21-12-9-16(26-3)18(28-5)17(10-12)27-4/h7-11,20H,6H2,1-5H3,(H,21,22). The van der Waals surface area contributed by atoms with Crippen LogP contribution in [-0.2, 0) is 10.0 Å². The van der Waals surface area contributed by atoms with E-state index in [9.17, 15) is 13.2 Å². The third-order valence-corrected chi connectivity index (χ3v) is 5.53. The molecule has 1 amide bonds. The molecule has 0 saturated carbocycles. The normalized spacial score (nSPS) is 10.9. The first-order valence-corrected chi connectivity index (χ1v) is 10.1. The van der Waals surface area contributed by atoms with Crippen molar-refractivity contribution in [2.24, 2.45) is 0 Å². The Bertz CT molecular complexity index is 965. The van der Waals surface area contributed by atoms with Crippen LogP contribution in [0.2, 0.25) is 0 Å². The van der Waals surface area contributed by atoms with Crippen molar-refractivity contribution in [1.29, 1.82) is 0 Å². The van der Waals surface area contributed by atoms with Crippen molar-refractivity contribution in [3.8, 4) is 23.0 Å². The number of nitrogens with one attached hydrogen (secondary N) is 2. The number of anilines is 1. The molecule has 0 aliphatic heterocycles. The lowest BCUT2D eigenvalue weighted by atomic mass is 10.1. The van der Waals surface area contributed by atoms with Gasteiger partial charge in [-0.3, -0.25) is 4.79 Å². The zero-order valence-corrected chi connectivity index (χ0v) is 17.7. The number of methoxy groups -OCH3 is 4. The van der Waals surface area contributed by atoms with Crippen molar-refractivity contribution in [3.63, 3.8) is 0 Å². The molecule has 0 aromatic heterocycles. The third-order valence-electron chi connectivity index (χ3n) is 3.98. The molecule has 0 aliphatic carbocycles. The first-order valence-electron chi connectivity index (χ1n) is 8.60. The number of sulfonamides is 1. The van der Waals surface area contributed by atoms with Crippen molar-refractivity contribution in [2.45, 2.75) is 11.8 Å². The molecule has 10 heteroatoms. The zero-order chi connectivity index (χ0) is 21.6. The van der Waals surface area contributed by atoms with E-state index in [1.165, 1.54) is 46.6 Å². The summed E-state index contributed by atoms with van der Waals surface area (Å²) in [7, 11) is 2.05. The van der Waals surface area contributed by atoms with Gasteiger partial charge in [0.25, 0.3) is 5.91 Å². The fourth-order valence-electron chi connectivity index (χ4n) is 2.66. The van der Waals surface area contributed by atoms with Gasteiger partial charge in [-0.2, -0.15) is 0 Å². The maximum absolute atomic E-state index is 12.9. The van der Waals surface area contributed by atoms with Gasteiger partial charge in [0.1, 0.15) is 5.75 Å². The molecule has 158 valence electrons. The van der Waals surface area contributed by atoms with Gasteiger partial charge in [0.2, 0.25) is 15.8 Å². The number of rotatable bonds is 9. The summed E-state index contributed by atoms with van der Waals surface area (Å²) in [5.74, 6) is 0.759. The van der Waals surface area contributed by atoms with Crippen LogP contribution in [0, 0.1) is 0 Å². The molecule has 0 radical (unpaired) electrons. The SMILES string of the molecule is CCNS(=O)(=O)c1ccc(OC)c(C(=O)Nc2cc(OC)c(OC)c(OC)c2)c1. The van der Waals surface area contributed by atoms with Crippen molar-refractivity contribution < 1.29 is 32.2 Å². The number of ether oxygens (including phenoxy) is 4. The second kappa shape index (κ2) is 9.48. The minimum Gasteiger partial charge on any atom is -0.496 e. The number of amides is 1. The minimum absolute atomic E-state index is 0.0461. The van der Waals surface area contributed by atoms with Gasteiger partial charge in [-0.25, -0.2) is 13.1 Å². The molecule has 2 aromatic carbocycles. The highest BCUT2D eigenvalue weighted by molar-refractivity contribution is 7.89. The molecule has 0 aliphatic rings. The first-order chi connectivity index (χ1) is 13.8. The molecule has 0 bridgehead atoms. The van der Waals surface area contributed by atoms with Crippen LogP contribution in [0.3, 0.4) is 0 Å².